The fourth-order valence-electron chi connectivity index (χ4n) is 3.36. The van der Waals surface area contributed by atoms with Crippen molar-refractivity contribution in [3.05, 3.63) is 5.82 Å². The van der Waals surface area contributed by atoms with Crippen molar-refractivity contribution in [2.45, 2.75) is 31.5 Å². The van der Waals surface area contributed by atoms with Crippen molar-refractivity contribution in [2.75, 3.05) is 5.32 Å². The molecule has 2 aliphatic rings. The first kappa shape index (κ1) is 13.3. The normalized spacial score (nSPS) is 32.6. The van der Waals surface area contributed by atoms with Crippen molar-refractivity contribution < 1.29 is 18.0 Å². The van der Waals surface area contributed by atoms with E-state index in [2.05, 4.69) is 15.4 Å². The number of anilines is 1. The van der Waals surface area contributed by atoms with E-state index in [1.54, 1.807) is 5.10 Å². The molecule has 2 saturated carbocycles. The molecule has 2 aliphatic carbocycles. The van der Waals surface area contributed by atoms with Gasteiger partial charge in [0.15, 0.2) is 0 Å². The third-order valence-corrected chi connectivity index (χ3v) is 4.27. The van der Waals surface area contributed by atoms with Crippen LogP contribution in [0.4, 0.5) is 19.1 Å². The third-order valence-electron chi connectivity index (χ3n) is 4.27. The zero-order valence-corrected chi connectivity index (χ0v) is 10.4. The van der Waals surface area contributed by atoms with Gasteiger partial charge in [0.1, 0.15) is 0 Å². The zero-order chi connectivity index (χ0) is 14.5. The van der Waals surface area contributed by atoms with Gasteiger partial charge in [-0.3, -0.25) is 15.2 Å². The minimum atomic E-state index is -4.61. The van der Waals surface area contributed by atoms with Gasteiger partial charge < -0.3 is 5.73 Å². The van der Waals surface area contributed by atoms with Crippen LogP contribution in [0.15, 0.2) is 0 Å². The third kappa shape index (κ3) is 2.15. The van der Waals surface area contributed by atoms with Crippen molar-refractivity contribution in [1.29, 1.82) is 0 Å². The summed E-state index contributed by atoms with van der Waals surface area (Å²) in [5.41, 5.74) is 6.00. The average molecular weight is 289 g/mol. The van der Waals surface area contributed by atoms with Crippen LogP contribution in [0.3, 0.4) is 0 Å². The van der Waals surface area contributed by atoms with E-state index in [0.717, 1.165) is 19.3 Å². The number of halogens is 3. The number of alkyl halides is 3. The maximum absolute atomic E-state index is 12.4. The van der Waals surface area contributed by atoms with Crippen LogP contribution >= 0.6 is 0 Å². The van der Waals surface area contributed by atoms with Crippen LogP contribution in [0.2, 0.25) is 0 Å². The molecule has 4 unspecified atom stereocenters. The topological polar surface area (TPSA) is 96.7 Å². The van der Waals surface area contributed by atoms with Gasteiger partial charge in [-0.1, -0.05) is 0 Å². The number of aromatic amines is 1. The van der Waals surface area contributed by atoms with Crippen molar-refractivity contribution in [2.24, 2.45) is 23.5 Å². The Morgan fingerprint density at radius 3 is 2.60 bits per heavy atom. The Morgan fingerprint density at radius 2 is 2.05 bits per heavy atom. The second-order valence-electron chi connectivity index (χ2n) is 5.43. The van der Waals surface area contributed by atoms with Crippen LogP contribution in [-0.2, 0) is 11.0 Å². The van der Waals surface area contributed by atoms with E-state index in [-0.39, 0.29) is 23.8 Å². The van der Waals surface area contributed by atoms with Crippen LogP contribution in [0.25, 0.3) is 0 Å². The molecule has 0 saturated heterocycles. The number of nitrogens with one attached hydrogen (secondary N) is 2. The molecule has 20 heavy (non-hydrogen) atoms. The largest absolute Gasteiger partial charge is 0.451 e. The smallest absolute Gasteiger partial charge is 0.327 e. The maximum atomic E-state index is 12.4. The van der Waals surface area contributed by atoms with Crippen LogP contribution < -0.4 is 11.1 Å². The fraction of sp³-hybridized carbons (Fsp3) is 0.727. The molecule has 0 aliphatic heterocycles. The molecule has 2 bridgehead atoms. The summed E-state index contributed by atoms with van der Waals surface area (Å²) in [5.74, 6) is -1.79. The lowest BCUT2D eigenvalue weighted by Crippen LogP contribution is -2.42. The highest BCUT2D eigenvalue weighted by atomic mass is 19.4. The summed E-state index contributed by atoms with van der Waals surface area (Å²) in [7, 11) is 0. The summed E-state index contributed by atoms with van der Waals surface area (Å²) >= 11 is 0. The number of amides is 1. The van der Waals surface area contributed by atoms with Gasteiger partial charge in [0.05, 0.1) is 5.92 Å². The number of nitrogens with zero attached hydrogens (tertiary/aromatic N) is 2. The highest BCUT2D eigenvalue weighted by molar-refractivity contribution is 5.92. The molecule has 1 amide bonds. The monoisotopic (exact) mass is 289 g/mol. The number of hydrogen-bond donors (Lipinski definition) is 3. The van der Waals surface area contributed by atoms with Crippen LogP contribution in [0.5, 0.6) is 0 Å². The molecule has 1 aromatic heterocycles. The predicted molar refractivity (Wildman–Crippen MR) is 62.3 cm³/mol. The Hall–Kier alpha value is -1.64. The maximum Gasteiger partial charge on any atom is 0.451 e. The second kappa shape index (κ2) is 4.44. The Labute approximate surface area is 112 Å². The molecular formula is C11H14F3N5O. The summed E-state index contributed by atoms with van der Waals surface area (Å²) in [4.78, 5) is 15.3. The van der Waals surface area contributed by atoms with E-state index in [4.69, 9.17) is 5.73 Å². The molecule has 110 valence electrons. The van der Waals surface area contributed by atoms with Gasteiger partial charge in [0.25, 0.3) is 0 Å². The summed E-state index contributed by atoms with van der Waals surface area (Å²) < 4.78 is 37.1. The molecular weight excluding hydrogens is 275 g/mol. The van der Waals surface area contributed by atoms with Crippen molar-refractivity contribution in [3.8, 4) is 0 Å². The van der Waals surface area contributed by atoms with Gasteiger partial charge in [-0.15, -0.1) is 5.10 Å². The van der Waals surface area contributed by atoms with Crippen molar-refractivity contribution in [1.82, 2.24) is 15.2 Å². The molecule has 1 heterocycles. The number of carbonyl (C=O) groups excluding carboxylic acids is 1. The highest BCUT2D eigenvalue weighted by Gasteiger charge is 2.49. The first-order chi connectivity index (χ1) is 9.36. The molecule has 6 nitrogen and oxygen atoms in total. The van der Waals surface area contributed by atoms with Gasteiger partial charge in [-0.25, -0.2) is 0 Å². The molecule has 3 rings (SSSR count). The molecule has 0 aromatic carbocycles. The Kier molecular flexibility index (Phi) is 2.96. The number of rotatable bonds is 2. The van der Waals surface area contributed by atoms with E-state index in [1.165, 1.54) is 0 Å². The fourth-order valence-corrected chi connectivity index (χ4v) is 3.36. The summed E-state index contributed by atoms with van der Waals surface area (Å²) in [5, 5.41) is 7.43. The van der Waals surface area contributed by atoms with Crippen molar-refractivity contribution >= 4 is 11.9 Å². The first-order valence-corrected chi connectivity index (χ1v) is 6.42. The molecule has 0 radical (unpaired) electrons. The van der Waals surface area contributed by atoms with E-state index in [1.807, 2.05) is 0 Å². The summed E-state index contributed by atoms with van der Waals surface area (Å²) in [6.45, 7) is 0. The highest BCUT2D eigenvalue weighted by Crippen LogP contribution is 2.47. The summed E-state index contributed by atoms with van der Waals surface area (Å²) in [6, 6.07) is -0.227. The van der Waals surface area contributed by atoms with Crippen molar-refractivity contribution in [3.63, 3.8) is 0 Å². The standard InChI is InChI=1S/C11H14F3N5O/c12-11(13,14)9-17-10(19-18-9)16-8(20)6-4-1-2-5(3-4)7(6)15/h4-7H,1-3,15H2,(H2,16,17,18,19,20). The molecule has 4 N–H and O–H groups in total. The minimum Gasteiger partial charge on any atom is -0.327 e. The van der Waals surface area contributed by atoms with E-state index >= 15 is 0 Å². The summed E-state index contributed by atoms with van der Waals surface area (Å²) in [6.07, 6.45) is -1.73. The van der Waals surface area contributed by atoms with Gasteiger partial charge >= 0.3 is 6.18 Å². The minimum absolute atomic E-state index is 0.219. The van der Waals surface area contributed by atoms with Gasteiger partial charge in [0.2, 0.25) is 17.7 Å². The van der Waals surface area contributed by atoms with Gasteiger partial charge in [-0.2, -0.15) is 18.2 Å². The number of aromatic nitrogens is 3. The number of fused-ring (bicyclic) bond motifs is 2. The average Bonchev–Trinajstić information content (AvgIpc) is 3.01. The first-order valence-electron chi connectivity index (χ1n) is 6.42. The lowest BCUT2D eigenvalue weighted by molar-refractivity contribution is -0.144. The Bertz CT molecular complexity index is 526. The van der Waals surface area contributed by atoms with Crippen LogP contribution in [0.1, 0.15) is 25.1 Å². The quantitative estimate of drug-likeness (QED) is 0.760. The lowest BCUT2D eigenvalue weighted by atomic mass is 9.84. The van der Waals surface area contributed by atoms with E-state index in [9.17, 15) is 18.0 Å². The molecule has 0 spiro atoms. The Balaban J connectivity index is 1.69. The van der Waals surface area contributed by atoms with E-state index < -0.39 is 17.9 Å². The predicted octanol–water partition coefficient (Wildman–Crippen LogP) is 1.14. The van der Waals surface area contributed by atoms with Crippen LogP contribution in [0, 0.1) is 17.8 Å². The zero-order valence-electron chi connectivity index (χ0n) is 10.4. The molecule has 9 heteroatoms. The molecule has 1 aromatic rings. The number of hydrogen-bond acceptors (Lipinski definition) is 4. The van der Waals surface area contributed by atoms with Gasteiger partial charge in [-0.05, 0) is 31.1 Å². The van der Waals surface area contributed by atoms with Crippen LogP contribution in [-0.4, -0.2) is 27.1 Å². The molecule has 4 atom stereocenters. The van der Waals surface area contributed by atoms with Gasteiger partial charge in [0, 0.05) is 6.04 Å². The number of nitrogens with two attached hydrogens (primary N) is 1. The SMILES string of the molecule is NC1C2CCC(C2)C1C(=O)Nc1n[nH]c(C(F)(F)F)n1. The molecule has 2 fully saturated rings. The lowest BCUT2D eigenvalue weighted by Gasteiger charge is -2.26. The van der Waals surface area contributed by atoms with E-state index in [0.29, 0.717) is 5.92 Å². The number of H-pyrrole nitrogens is 1. The number of carbonyl (C=O) groups is 1. The Morgan fingerprint density at radius 1 is 1.35 bits per heavy atom. The second-order valence-corrected chi connectivity index (χ2v) is 5.43.